The first-order valence-electron chi connectivity index (χ1n) is 10.4. The van der Waals surface area contributed by atoms with Gasteiger partial charge in [0.2, 0.25) is 0 Å². The van der Waals surface area contributed by atoms with Gasteiger partial charge < -0.3 is 0 Å². The van der Waals surface area contributed by atoms with E-state index in [0.29, 0.717) is 0 Å². The highest BCUT2D eigenvalue weighted by molar-refractivity contribution is 5.25. The summed E-state index contributed by atoms with van der Waals surface area (Å²) in [7, 11) is 0. The summed E-state index contributed by atoms with van der Waals surface area (Å²) in [5.74, 6) is 4.01. The van der Waals surface area contributed by atoms with E-state index in [1.807, 2.05) is 0 Å². The molecule has 0 radical (unpaired) electrons. The Hall–Kier alpha value is -0.780. The Balaban J connectivity index is 1.46. The first-order valence-corrected chi connectivity index (χ1v) is 10.4. The second kappa shape index (κ2) is 8.36. The van der Waals surface area contributed by atoms with Gasteiger partial charge in [-0.3, -0.25) is 0 Å². The Morgan fingerprint density at radius 3 is 1.83 bits per heavy atom. The minimum absolute atomic E-state index is 0.841. The predicted octanol–water partition coefficient (Wildman–Crippen LogP) is 7.13. The molecule has 23 heavy (non-hydrogen) atoms. The molecule has 2 aliphatic carbocycles. The standard InChI is InChI=1S/C23H36/c1-3-5-19-8-12-21(13-9-19)23-16-14-22(15-17-23)20-10-6-18(4-2)7-11-20/h6-7,10-11,19,21-23H,3-5,8-9,12-17H2,1-2H3. The third-order valence-corrected chi connectivity index (χ3v) is 6.89. The van der Waals surface area contributed by atoms with Crippen molar-refractivity contribution in [3.8, 4) is 0 Å². The molecule has 0 atom stereocenters. The SMILES string of the molecule is CCCC1CCC(C2CCC(c3ccc(CC)cc3)CC2)CC1. The molecule has 0 heterocycles. The Kier molecular flexibility index (Phi) is 6.20. The van der Waals surface area contributed by atoms with Gasteiger partial charge in [0.05, 0.1) is 0 Å². The van der Waals surface area contributed by atoms with E-state index in [4.69, 9.17) is 0 Å². The summed E-state index contributed by atoms with van der Waals surface area (Å²) in [5, 5.41) is 0. The summed E-state index contributed by atoms with van der Waals surface area (Å²) in [6, 6.07) is 9.49. The van der Waals surface area contributed by atoms with Crippen LogP contribution in [-0.4, -0.2) is 0 Å². The molecule has 1 aromatic carbocycles. The lowest BCUT2D eigenvalue weighted by Gasteiger charge is -2.38. The molecular formula is C23H36. The van der Waals surface area contributed by atoms with Crippen LogP contribution in [0, 0.1) is 17.8 Å². The van der Waals surface area contributed by atoms with Crippen molar-refractivity contribution in [2.75, 3.05) is 0 Å². The van der Waals surface area contributed by atoms with Crippen LogP contribution in [0.3, 0.4) is 0 Å². The lowest BCUT2D eigenvalue weighted by atomic mass is 9.68. The molecular weight excluding hydrogens is 276 g/mol. The average molecular weight is 313 g/mol. The van der Waals surface area contributed by atoms with Crippen molar-refractivity contribution in [3.63, 3.8) is 0 Å². The summed E-state index contributed by atoms with van der Waals surface area (Å²) in [5.41, 5.74) is 3.08. The molecule has 128 valence electrons. The number of aryl methyl sites for hydroxylation is 1. The molecule has 0 amide bonds. The largest absolute Gasteiger partial charge is 0.0654 e. The fraction of sp³-hybridized carbons (Fsp3) is 0.739. The molecule has 0 aliphatic heterocycles. The van der Waals surface area contributed by atoms with Crippen LogP contribution in [0.15, 0.2) is 24.3 Å². The van der Waals surface area contributed by atoms with Crippen LogP contribution in [0.4, 0.5) is 0 Å². The van der Waals surface area contributed by atoms with E-state index in [1.165, 1.54) is 69.8 Å². The minimum Gasteiger partial charge on any atom is -0.0654 e. The Labute approximate surface area is 144 Å². The fourth-order valence-electron chi connectivity index (χ4n) is 5.31. The van der Waals surface area contributed by atoms with Crippen LogP contribution in [0.5, 0.6) is 0 Å². The van der Waals surface area contributed by atoms with Crippen molar-refractivity contribution in [2.24, 2.45) is 17.8 Å². The molecule has 0 saturated heterocycles. The van der Waals surface area contributed by atoms with E-state index in [1.54, 1.807) is 5.56 Å². The van der Waals surface area contributed by atoms with E-state index in [9.17, 15) is 0 Å². The zero-order valence-corrected chi connectivity index (χ0v) is 15.4. The van der Waals surface area contributed by atoms with E-state index < -0.39 is 0 Å². The molecule has 3 rings (SSSR count). The van der Waals surface area contributed by atoms with Gasteiger partial charge in [-0.25, -0.2) is 0 Å². The summed E-state index contributed by atoms with van der Waals surface area (Å²) in [6.07, 6.45) is 16.0. The van der Waals surface area contributed by atoms with Crippen molar-refractivity contribution < 1.29 is 0 Å². The zero-order valence-electron chi connectivity index (χ0n) is 15.4. The molecule has 0 heteroatoms. The van der Waals surface area contributed by atoms with E-state index >= 15 is 0 Å². The monoisotopic (exact) mass is 312 g/mol. The average Bonchev–Trinajstić information content (AvgIpc) is 2.63. The van der Waals surface area contributed by atoms with Crippen LogP contribution in [0.25, 0.3) is 0 Å². The first-order chi connectivity index (χ1) is 11.3. The van der Waals surface area contributed by atoms with E-state index in [2.05, 4.69) is 38.1 Å². The third kappa shape index (κ3) is 4.40. The van der Waals surface area contributed by atoms with Gasteiger partial charge in [0.15, 0.2) is 0 Å². The number of hydrogen-bond donors (Lipinski definition) is 0. The maximum absolute atomic E-state index is 2.40. The molecule has 0 N–H and O–H groups in total. The smallest absolute Gasteiger partial charge is 0.0162 e. The summed E-state index contributed by atoms with van der Waals surface area (Å²) < 4.78 is 0. The van der Waals surface area contributed by atoms with Crippen LogP contribution < -0.4 is 0 Å². The van der Waals surface area contributed by atoms with Crippen molar-refractivity contribution in [3.05, 3.63) is 35.4 Å². The van der Waals surface area contributed by atoms with Gasteiger partial charge in [-0.2, -0.15) is 0 Å². The molecule has 2 saturated carbocycles. The van der Waals surface area contributed by atoms with E-state index in [-0.39, 0.29) is 0 Å². The zero-order chi connectivity index (χ0) is 16.1. The quantitative estimate of drug-likeness (QED) is 0.542. The molecule has 0 spiro atoms. The maximum atomic E-state index is 2.40. The van der Waals surface area contributed by atoms with Gasteiger partial charge in [-0.1, -0.05) is 63.8 Å². The summed E-state index contributed by atoms with van der Waals surface area (Å²) >= 11 is 0. The lowest BCUT2D eigenvalue weighted by molar-refractivity contribution is 0.156. The van der Waals surface area contributed by atoms with Gasteiger partial charge in [0, 0.05) is 0 Å². The highest BCUT2D eigenvalue weighted by Crippen LogP contribution is 2.44. The Bertz CT molecular complexity index is 441. The van der Waals surface area contributed by atoms with Crippen LogP contribution in [0.2, 0.25) is 0 Å². The summed E-state index contributed by atoms with van der Waals surface area (Å²) in [4.78, 5) is 0. The Morgan fingerprint density at radius 1 is 0.739 bits per heavy atom. The lowest BCUT2D eigenvalue weighted by Crippen LogP contribution is -2.25. The second-order valence-corrected chi connectivity index (χ2v) is 8.28. The minimum atomic E-state index is 0.841. The number of hydrogen-bond acceptors (Lipinski definition) is 0. The van der Waals surface area contributed by atoms with Gasteiger partial charge in [-0.15, -0.1) is 0 Å². The molecule has 1 aromatic rings. The Morgan fingerprint density at radius 2 is 1.30 bits per heavy atom. The van der Waals surface area contributed by atoms with Crippen LogP contribution in [-0.2, 0) is 6.42 Å². The highest BCUT2D eigenvalue weighted by Gasteiger charge is 2.30. The van der Waals surface area contributed by atoms with Gasteiger partial charge >= 0.3 is 0 Å². The molecule has 2 fully saturated rings. The molecule has 0 nitrogen and oxygen atoms in total. The van der Waals surface area contributed by atoms with Crippen LogP contribution in [0.1, 0.15) is 95.1 Å². The van der Waals surface area contributed by atoms with Gasteiger partial charge in [0.1, 0.15) is 0 Å². The molecule has 0 bridgehead atoms. The second-order valence-electron chi connectivity index (χ2n) is 8.28. The fourth-order valence-corrected chi connectivity index (χ4v) is 5.31. The van der Waals surface area contributed by atoms with Gasteiger partial charge in [-0.05, 0) is 79.7 Å². The number of rotatable bonds is 5. The van der Waals surface area contributed by atoms with Crippen molar-refractivity contribution in [1.82, 2.24) is 0 Å². The van der Waals surface area contributed by atoms with Crippen molar-refractivity contribution >= 4 is 0 Å². The van der Waals surface area contributed by atoms with Crippen molar-refractivity contribution in [2.45, 2.75) is 90.4 Å². The maximum Gasteiger partial charge on any atom is -0.0162 e. The first kappa shape index (κ1) is 17.1. The predicted molar refractivity (Wildman–Crippen MR) is 101 cm³/mol. The normalized spacial score (nSPS) is 31.9. The summed E-state index contributed by atoms with van der Waals surface area (Å²) in [6.45, 7) is 4.59. The third-order valence-electron chi connectivity index (χ3n) is 6.89. The molecule has 0 aromatic heterocycles. The molecule has 2 aliphatic rings. The molecule has 0 unspecified atom stereocenters. The topological polar surface area (TPSA) is 0 Å². The van der Waals surface area contributed by atoms with Crippen molar-refractivity contribution in [1.29, 1.82) is 0 Å². The highest BCUT2D eigenvalue weighted by atomic mass is 14.4. The number of benzene rings is 1. The van der Waals surface area contributed by atoms with Crippen LogP contribution >= 0.6 is 0 Å². The van der Waals surface area contributed by atoms with E-state index in [0.717, 1.165) is 30.1 Å². The van der Waals surface area contributed by atoms with Gasteiger partial charge in [0.25, 0.3) is 0 Å².